The summed E-state index contributed by atoms with van der Waals surface area (Å²) in [7, 11) is 0. The lowest BCUT2D eigenvalue weighted by Gasteiger charge is -2.29. The van der Waals surface area contributed by atoms with Gasteiger partial charge in [-0.15, -0.1) is 11.3 Å². The number of amides is 1. The van der Waals surface area contributed by atoms with E-state index in [9.17, 15) is 4.79 Å². The molecule has 2 aromatic heterocycles. The maximum Gasteiger partial charge on any atom is 0.259 e. The highest BCUT2D eigenvalue weighted by atomic mass is 32.1. The van der Waals surface area contributed by atoms with Gasteiger partial charge in [0.25, 0.3) is 5.91 Å². The SMILES string of the molecule is Cc1nc(NC(=O)c2cccc3ccc(-c4cccc(N5CCOCC5)c4)nc23)sc1C. The molecule has 0 saturated carbocycles. The Labute approximate surface area is 190 Å². The smallest absolute Gasteiger partial charge is 0.259 e. The normalized spacial score (nSPS) is 14.0. The van der Waals surface area contributed by atoms with Crippen LogP contribution in [0.5, 0.6) is 0 Å². The molecule has 0 unspecified atom stereocenters. The second-order valence-corrected chi connectivity index (χ2v) is 9.04. The maximum atomic E-state index is 13.1. The number of carbonyl (C=O) groups excluding carboxylic acids is 1. The van der Waals surface area contributed by atoms with E-state index < -0.39 is 0 Å². The lowest BCUT2D eigenvalue weighted by molar-refractivity contribution is 0.102. The van der Waals surface area contributed by atoms with Gasteiger partial charge in [0.05, 0.1) is 35.7 Å². The standard InChI is InChI=1S/C25H24N4O2S/c1-16-17(2)32-25(26-16)28-24(30)21-8-4-5-18-9-10-22(27-23(18)21)19-6-3-7-20(15-19)29-11-13-31-14-12-29/h3-10,15H,11-14H2,1-2H3,(H,26,28,30). The van der Waals surface area contributed by atoms with Crippen molar-refractivity contribution < 1.29 is 9.53 Å². The molecular weight excluding hydrogens is 420 g/mol. The van der Waals surface area contributed by atoms with Gasteiger partial charge in [0, 0.05) is 34.6 Å². The Morgan fingerprint density at radius 2 is 1.84 bits per heavy atom. The van der Waals surface area contributed by atoms with Crippen molar-refractivity contribution in [3.63, 3.8) is 0 Å². The maximum absolute atomic E-state index is 13.1. The molecule has 0 aliphatic carbocycles. The second kappa shape index (κ2) is 8.68. The highest BCUT2D eigenvalue weighted by Crippen LogP contribution is 2.28. The number of morpholine rings is 1. The molecule has 3 heterocycles. The number of thiazole rings is 1. The van der Waals surface area contributed by atoms with Crippen LogP contribution in [0.3, 0.4) is 0 Å². The van der Waals surface area contributed by atoms with E-state index in [-0.39, 0.29) is 5.91 Å². The average Bonchev–Trinajstić information content (AvgIpc) is 3.15. The third kappa shape index (κ3) is 4.09. The van der Waals surface area contributed by atoms with E-state index in [0.717, 1.165) is 59.2 Å². The van der Waals surface area contributed by atoms with Crippen LogP contribution in [-0.2, 0) is 4.74 Å². The van der Waals surface area contributed by atoms with Gasteiger partial charge >= 0.3 is 0 Å². The molecule has 162 valence electrons. The molecule has 1 saturated heterocycles. The first-order valence-electron chi connectivity index (χ1n) is 10.7. The van der Waals surface area contributed by atoms with Crippen LogP contribution < -0.4 is 10.2 Å². The van der Waals surface area contributed by atoms with Crippen molar-refractivity contribution in [1.29, 1.82) is 0 Å². The van der Waals surface area contributed by atoms with Crippen LogP contribution in [0.15, 0.2) is 54.6 Å². The monoisotopic (exact) mass is 444 g/mol. The Hall–Kier alpha value is -3.29. The Kier molecular flexibility index (Phi) is 5.59. The molecule has 4 aromatic rings. The quantitative estimate of drug-likeness (QED) is 0.476. The number of nitrogens with zero attached hydrogens (tertiary/aromatic N) is 3. The Balaban J connectivity index is 1.49. The number of ether oxygens (including phenoxy) is 1. The number of anilines is 2. The van der Waals surface area contributed by atoms with Crippen molar-refractivity contribution >= 4 is 39.0 Å². The van der Waals surface area contributed by atoms with Gasteiger partial charge in [-0.05, 0) is 38.1 Å². The van der Waals surface area contributed by atoms with E-state index in [1.165, 1.54) is 11.3 Å². The van der Waals surface area contributed by atoms with E-state index >= 15 is 0 Å². The predicted molar refractivity (Wildman–Crippen MR) is 130 cm³/mol. The minimum absolute atomic E-state index is 0.198. The fourth-order valence-electron chi connectivity index (χ4n) is 3.87. The molecular formula is C25H24N4O2S. The lowest BCUT2D eigenvalue weighted by atomic mass is 10.1. The van der Waals surface area contributed by atoms with Gasteiger partial charge in [0.15, 0.2) is 5.13 Å². The van der Waals surface area contributed by atoms with E-state index in [1.807, 2.05) is 44.2 Å². The topological polar surface area (TPSA) is 67.4 Å². The molecule has 6 nitrogen and oxygen atoms in total. The van der Waals surface area contributed by atoms with Gasteiger partial charge in [-0.3, -0.25) is 10.1 Å². The van der Waals surface area contributed by atoms with Crippen molar-refractivity contribution in [1.82, 2.24) is 9.97 Å². The summed E-state index contributed by atoms with van der Waals surface area (Å²) in [4.78, 5) is 25.8. The summed E-state index contributed by atoms with van der Waals surface area (Å²) in [6.45, 7) is 7.20. The highest BCUT2D eigenvalue weighted by Gasteiger charge is 2.16. The zero-order valence-corrected chi connectivity index (χ0v) is 18.9. The predicted octanol–water partition coefficient (Wildman–Crippen LogP) is 5.06. The average molecular weight is 445 g/mol. The zero-order valence-electron chi connectivity index (χ0n) is 18.1. The molecule has 5 rings (SSSR count). The fraction of sp³-hybridized carbons (Fsp3) is 0.240. The summed E-state index contributed by atoms with van der Waals surface area (Å²) in [6, 6.07) is 18.1. The molecule has 1 N–H and O–H groups in total. The molecule has 1 amide bonds. The molecule has 1 aliphatic heterocycles. The second-order valence-electron chi connectivity index (χ2n) is 7.84. The molecule has 32 heavy (non-hydrogen) atoms. The Morgan fingerprint density at radius 1 is 1.03 bits per heavy atom. The number of carbonyl (C=O) groups is 1. The van der Waals surface area contributed by atoms with Crippen LogP contribution in [0, 0.1) is 13.8 Å². The van der Waals surface area contributed by atoms with Crippen molar-refractivity contribution in [2.45, 2.75) is 13.8 Å². The fourth-order valence-corrected chi connectivity index (χ4v) is 4.67. The molecule has 0 atom stereocenters. The number of fused-ring (bicyclic) bond motifs is 1. The molecule has 0 spiro atoms. The largest absolute Gasteiger partial charge is 0.378 e. The van der Waals surface area contributed by atoms with E-state index in [0.29, 0.717) is 16.2 Å². The third-order valence-electron chi connectivity index (χ3n) is 5.73. The molecule has 7 heteroatoms. The molecule has 2 aromatic carbocycles. The lowest BCUT2D eigenvalue weighted by Crippen LogP contribution is -2.36. The Bertz CT molecular complexity index is 1270. The van der Waals surface area contributed by atoms with Gasteiger partial charge in [-0.1, -0.05) is 30.3 Å². The Morgan fingerprint density at radius 3 is 2.62 bits per heavy atom. The number of aryl methyl sites for hydroxylation is 2. The highest BCUT2D eigenvalue weighted by molar-refractivity contribution is 7.15. The van der Waals surface area contributed by atoms with Crippen LogP contribution in [0.4, 0.5) is 10.8 Å². The van der Waals surface area contributed by atoms with Gasteiger partial charge < -0.3 is 9.64 Å². The molecule has 1 fully saturated rings. The van der Waals surface area contributed by atoms with Crippen LogP contribution in [0.2, 0.25) is 0 Å². The summed E-state index contributed by atoms with van der Waals surface area (Å²) < 4.78 is 5.47. The molecule has 0 radical (unpaired) electrons. The van der Waals surface area contributed by atoms with E-state index in [4.69, 9.17) is 9.72 Å². The summed E-state index contributed by atoms with van der Waals surface area (Å²) in [5, 5.41) is 4.47. The number of hydrogen-bond donors (Lipinski definition) is 1. The van der Waals surface area contributed by atoms with Gasteiger partial charge in [0.1, 0.15) is 0 Å². The summed E-state index contributed by atoms with van der Waals surface area (Å²) in [5.74, 6) is -0.198. The minimum atomic E-state index is -0.198. The number of pyridine rings is 1. The van der Waals surface area contributed by atoms with Crippen LogP contribution in [-0.4, -0.2) is 42.2 Å². The van der Waals surface area contributed by atoms with Crippen molar-refractivity contribution in [3.05, 3.63) is 70.7 Å². The number of aromatic nitrogens is 2. The first kappa shape index (κ1) is 20.6. The molecule has 0 bridgehead atoms. The number of benzene rings is 2. The van der Waals surface area contributed by atoms with Crippen molar-refractivity contribution in [2.24, 2.45) is 0 Å². The number of hydrogen-bond acceptors (Lipinski definition) is 6. The summed E-state index contributed by atoms with van der Waals surface area (Å²) in [5.41, 5.74) is 5.19. The van der Waals surface area contributed by atoms with Crippen LogP contribution in [0.1, 0.15) is 20.9 Å². The van der Waals surface area contributed by atoms with Crippen molar-refractivity contribution in [2.75, 3.05) is 36.5 Å². The zero-order chi connectivity index (χ0) is 22.1. The molecule has 1 aliphatic rings. The van der Waals surface area contributed by atoms with Crippen LogP contribution >= 0.6 is 11.3 Å². The van der Waals surface area contributed by atoms with Crippen LogP contribution in [0.25, 0.3) is 22.2 Å². The third-order valence-corrected chi connectivity index (χ3v) is 6.72. The van der Waals surface area contributed by atoms with E-state index in [1.54, 1.807) is 0 Å². The van der Waals surface area contributed by atoms with Gasteiger partial charge in [-0.25, -0.2) is 9.97 Å². The van der Waals surface area contributed by atoms with E-state index in [2.05, 4.69) is 39.5 Å². The van der Waals surface area contributed by atoms with Gasteiger partial charge in [0.2, 0.25) is 0 Å². The van der Waals surface area contributed by atoms with Gasteiger partial charge in [-0.2, -0.15) is 0 Å². The number of nitrogens with one attached hydrogen (secondary N) is 1. The summed E-state index contributed by atoms with van der Waals surface area (Å²) in [6.07, 6.45) is 0. The number of para-hydroxylation sites is 1. The first-order chi connectivity index (χ1) is 15.6. The summed E-state index contributed by atoms with van der Waals surface area (Å²) >= 11 is 1.48. The first-order valence-corrected chi connectivity index (χ1v) is 11.5. The van der Waals surface area contributed by atoms with Crippen molar-refractivity contribution in [3.8, 4) is 11.3 Å². The minimum Gasteiger partial charge on any atom is -0.378 e. The number of rotatable bonds is 4.